The van der Waals surface area contributed by atoms with Gasteiger partial charge in [0.05, 0.1) is 29.5 Å². The molecular formula is C16H11ClF3N5O. The molecule has 134 valence electrons. The highest BCUT2D eigenvalue weighted by molar-refractivity contribution is 6.35. The first-order valence-corrected chi connectivity index (χ1v) is 7.86. The summed E-state index contributed by atoms with van der Waals surface area (Å²) in [4.78, 5) is 8.24. The van der Waals surface area contributed by atoms with Crippen LogP contribution >= 0.6 is 11.6 Å². The van der Waals surface area contributed by atoms with Gasteiger partial charge in [-0.1, -0.05) is 11.6 Å². The molecule has 3 heterocycles. The minimum atomic E-state index is -3.24. The summed E-state index contributed by atoms with van der Waals surface area (Å²) >= 11 is 6.23. The van der Waals surface area contributed by atoms with E-state index in [0.717, 1.165) is 0 Å². The highest BCUT2D eigenvalue weighted by Gasteiger charge is 2.29. The summed E-state index contributed by atoms with van der Waals surface area (Å²) < 4.78 is 46.6. The summed E-state index contributed by atoms with van der Waals surface area (Å²) in [7, 11) is 1.42. The number of nitrogens with zero attached hydrogens (tertiary/aromatic N) is 4. The number of aromatic nitrogens is 5. The summed E-state index contributed by atoms with van der Waals surface area (Å²) in [6.45, 7) is 0. The van der Waals surface area contributed by atoms with E-state index in [0.29, 0.717) is 21.6 Å². The molecule has 26 heavy (non-hydrogen) atoms. The number of methoxy groups -OCH3 is 1. The highest BCUT2D eigenvalue weighted by Crippen LogP contribution is 2.33. The molecule has 0 saturated carbocycles. The van der Waals surface area contributed by atoms with Gasteiger partial charge in [-0.2, -0.15) is 10.1 Å². The standard InChI is InChI=1S/C16H11ClF3N5O/c1-26-11-3-2-10-15(23-11)25(16(22-10)12(18)14(19)20)8-4-7-6-21-24-13(7)9(17)5-8/h2-6,12,14H,1H3,(H,21,24). The first-order valence-electron chi connectivity index (χ1n) is 7.48. The Balaban J connectivity index is 2.05. The van der Waals surface area contributed by atoms with Crippen molar-refractivity contribution < 1.29 is 17.9 Å². The molecule has 10 heteroatoms. The Bertz CT molecular complexity index is 1110. The van der Waals surface area contributed by atoms with Crippen LogP contribution in [0.4, 0.5) is 13.2 Å². The van der Waals surface area contributed by atoms with E-state index in [4.69, 9.17) is 16.3 Å². The number of rotatable bonds is 4. The van der Waals surface area contributed by atoms with Gasteiger partial charge >= 0.3 is 0 Å². The summed E-state index contributed by atoms with van der Waals surface area (Å²) in [6, 6.07) is 6.18. The average Bonchev–Trinajstić information content (AvgIpc) is 3.24. The van der Waals surface area contributed by atoms with Gasteiger partial charge in [-0.3, -0.25) is 9.67 Å². The van der Waals surface area contributed by atoms with Gasteiger partial charge in [0.2, 0.25) is 12.1 Å². The molecule has 0 radical (unpaired) electrons. The number of aromatic amines is 1. The fourth-order valence-electron chi connectivity index (χ4n) is 2.75. The molecule has 0 aliphatic heterocycles. The SMILES string of the molecule is COc1ccc2nc(C(F)C(F)F)n(-c3cc(Cl)c4[nH]ncc4c3)c2n1. The molecule has 0 bridgehead atoms. The van der Waals surface area contributed by atoms with E-state index in [-0.39, 0.29) is 17.0 Å². The fourth-order valence-corrected chi connectivity index (χ4v) is 3.01. The Morgan fingerprint density at radius 1 is 1.19 bits per heavy atom. The van der Waals surface area contributed by atoms with Crippen molar-refractivity contribution in [3.05, 3.63) is 41.3 Å². The summed E-state index contributed by atoms with van der Waals surface area (Å²) in [5.74, 6) is -0.220. The lowest BCUT2D eigenvalue weighted by molar-refractivity contribution is 0.0442. The molecule has 1 N–H and O–H groups in total. The maximum atomic E-state index is 14.2. The zero-order chi connectivity index (χ0) is 18.4. The molecule has 1 unspecified atom stereocenters. The van der Waals surface area contributed by atoms with Gasteiger partial charge in [-0.25, -0.2) is 18.2 Å². The second kappa shape index (κ2) is 6.17. The van der Waals surface area contributed by atoms with Gasteiger partial charge in [0.25, 0.3) is 6.43 Å². The van der Waals surface area contributed by atoms with E-state index in [1.165, 1.54) is 36.1 Å². The largest absolute Gasteiger partial charge is 0.481 e. The number of ether oxygens (including phenoxy) is 1. The molecule has 1 aromatic carbocycles. The first-order chi connectivity index (χ1) is 12.5. The summed E-state index contributed by atoms with van der Waals surface area (Å²) in [5, 5.41) is 7.57. The van der Waals surface area contributed by atoms with E-state index in [2.05, 4.69) is 20.2 Å². The third kappa shape index (κ3) is 2.55. The monoisotopic (exact) mass is 381 g/mol. The molecule has 0 spiro atoms. The third-order valence-electron chi connectivity index (χ3n) is 3.93. The zero-order valence-electron chi connectivity index (χ0n) is 13.3. The van der Waals surface area contributed by atoms with Crippen molar-refractivity contribution in [1.29, 1.82) is 0 Å². The third-order valence-corrected chi connectivity index (χ3v) is 4.22. The number of pyridine rings is 1. The minimum absolute atomic E-state index is 0.182. The summed E-state index contributed by atoms with van der Waals surface area (Å²) in [5.41, 5.74) is 1.36. The van der Waals surface area contributed by atoms with E-state index in [1.54, 1.807) is 6.07 Å². The van der Waals surface area contributed by atoms with Crippen LogP contribution in [0.15, 0.2) is 30.5 Å². The minimum Gasteiger partial charge on any atom is -0.481 e. The Morgan fingerprint density at radius 2 is 2.00 bits per heavy atom. The van der Waals surface area contributed by atoms with Gasteiger partial charge in [0.1, 0.15) is 5.52 Å². The van der Waals surface area contributed by atoms with Gasteiger partial charge < -0.3 is 4.74 Å². The number of imidazole rings is 1. The number of nitrogens with one attached hydrogen (secondary N) is 1. The molecular weight excluding hydrogens is 371 g/mol. The molecule has 6 nitrogen and oxygen atoms in total. The normalized spacial score (nSPS) is 13.0. The molecule has 0 aliphatic carbocycles. The van der Waals surface area contributed by atoms with Crippen LogP contribution in [0.3, 0.4) is 0 Å². The number of hydrogen-bond donors (Lipinski definition) is 1. The number of H-pyrrole nitrogens is 1. The van der Waals surface area contributed by atoms with Crippen LogP contribution in [-0.2, 0) is 0 Å². The number of alkyl halides is 3. The van der Waals surface area contributed by atoms with Gasteiger partial charge in [0.15, 0.2) is 11.5 Å². The second-order valence-electron chi connectivity index (χ2n) is 5.50. The van der Waals surface area contributed by atoms with E-state index < -0.39 is 18.4 Å². The summed E-state index contributed by atoms with van der Waals surface area (Å²) in [6.07, 6.45) is -4.30. The van der Waals surface area contributed by atoms with Crippen molar-refractivity contribution in [2.24, 2.45) is 0 Å². The fraction of sp³-hybridized carbons (Fsp3) is 0.188. The Kier molecular flexibility index (Phi) is 3.95. The van der Waals surface area contributed by atoms with Crippen molar-refractivity contribution in [2.75, 3.05) is 7.11 Å². The molecule has 3 aromatic heterocycles. The molecule has 4 rings (SSSR count). The Morgan fingerprint density at radius 3 is 2.73 bits per heavy atom. The van der Waals surface area contributed by atoms with Crippen LogP contribution in [0, 0.1) is 0 Å². The predicted molar refractivity (Wildman–Crippen MR) is 89.9 cm³/mol. The average molecular weight is 382 g/mol. The lowest BCUT2D eigenvalue weighted by atomic mass is 10.2. The second-order valence-corrected chi connectivity index (χ2v) is 5.91. The lowest BCUT2D eigenvalue weighted by Crippen LogP contribution is -2.11. The van der Waals surface area contributed by atoms with Crippen LogP contribution in [0.2, 0.25) is 5.02 Å². The zero-order valence-corrected chi connectivity index (χ0v) is 14.0. The number of hydrogen-bond acceptors (Lipinski definition) is 4. The van der Waals surface area contributed by atoms with Gasteiger partial charge in [-0.15, -0.1) is 0 Å². The van der Waals surface area contributed by atoms with Crippen LogP contribution in [0.5, 0.6) is 5.88 Å². The number of halogens is 4. The maximum absolute atomic E-state index is 14.2. The van der Waals surface area contributed by atoms with Crippen molar-refractivity contribution in [3.63, 3.8) is 0 Å². The topological polar surface area (TPSA) is 68.6 Å². The predicted octanol–water partition coefficient (Wildman–Crippen LogP) is 4.23. The molecule has 0 aliphatic rings. The highest BCUT2D eigenvalue weighted by atomic mass is 35.5. The van der Waals surface area contributed by atoms with Crippen LogP contribution in [0.25, 0.3) is 27.8 Å². The maximum Gasteiger partial charge on any atom is 0.276 e. The number of benzene rings is 1. The van der Waals surface area contributed by atoms with Crippen molar-refractivity contribution >= 4 is 33.7 Å². The molecule has 0 fully saturated rings. The van der Waals surface area contributed by atoms with Gasteiger partial charge in [-0.05, 0) is 18.2 Å². The van der Waals surface area contributed by atoms with Gasteiger partial charge in [0, 0.05) is 11.5 Å². The first kappa shape index (κ1) is 16.6. The Hall–Kier alpha value is -2.81. The van der Waals surface area contributed by atoms with Crippen molar-refractivity contribution in [1.82, 2.24) is 24.7 Å². The molecule has 0 amide bonds. The molecule has 0 saturated heterocycles. The van der Waals surface area contributed by atoms with Crippen LogP contribution < -0.4 is 4.74 Å². The van der Waals surface area contributed by atoms with Crippen LogP contribution in [0.1, 0.15) is 12.0 Å². The lowest BCUT2D eigenvalue weighted by Gasteiger charge is -2.12. The quantitative estimate of drug-likeness (QED) is 0.574. The van der Waals surface area contributed by atoms with E-state index in [9.17, 15) is 13.2 Å². The van der Waals surface area contributed by atoms with Crippen molar-refractivity contribution in [2.45, 2.75) is 12.6 Å². The van der Waals surface area contributed by atoms with Crippen LogP contribution in [-0.4, -0.2) is 38.3 Å². The Labute approximate surface area is 149 Å². The smallest absolute Gasteiger partial charge is 0.276 e. The van der Waals surface area contributed by atoms with E-state index >= 15 is 0 Å². The molecule has 1 atom stereocenters. The number of fused-ring (bicyclic) bond motifs is 2. The van der Waals surface area contributed by atoms with Crippen molar-refractivity contribution in [3.8, 4) is 11.6 Å². The van der Waals surface area contributed by atoms with E-state index in [1.807, 2.05) is 0 Å². The molecule has 4 aromatic rings.